The lowest BCUT2D eigenvalue weighted by molar-refractivity contribution is 0.650. The molecule has 1 rings (SSSR count). The van der Waals surface area contributed by atoms with Crippen LogP contribution in [0.25, 0.3) is 0 Å². The van der Waals surface area contributed by atoms with Crippen LogP contribution in [0.3, 0.4) is 0 Å². The van der Waals surface area contributed by atoms with Gasteiger partial charge < -0.3 is 4.57 Å². The van der Waals surface area contributed by atoms with Gasteiger partial charge in [0.2, 0.25) is 0 Å². The minimum absolute atomic E-state index is 0.320. The maximum atomic E-state index is 11.9. The van der Waals surface area contributed by atoms with Crippen LogP contribution in [0, 0.1) is 0 Å². The first-order chi connectivity index (χ1) is 7.36. The molecule has 16 heavy (non-hydrogen) atoms. The molecule has 1 aromatic rings. The normalized spacial score (nSPS) is 15.2. The van der Waals surface area contributed by atoms with E-state index >= 15 is 0 Å². The summed E-state index contributed by atoms with van der Waals surface area (Å²) in [5.74, 6) is 0. The van der Waals surface area contributed by atoms with Crippen molar-refractivity contribution in [2.45, 2.75) is 38.9 Å². The molecule has 0 bridgehead atoms. The lowest BCUT2D eigenvalue weighted by atomic mass is 10.2. The van der Waals surface area contributed by atoms with E-state index in [4.69, 9.17) is 0 Å². The van der Waals surface area contributed by atoms with Crippen molar-refractivity contribution in [3.63, 3.8) is 0 Å². The van der Waals surface area contributed by atoms with Crippen LogP contribution in [-0.4, -0.2) is 24.2 Å². The smallest absolute Gasteiger partial charge is 0.145 e. The predicted octanol–water partition coefficient (Wildman–Crippen LogP) is 2.08. The first-order valence-electron chi connectivity index (χ1n) is 5.32. The minimum Gasteiger partial charge on any atom is -0.333 e. The van der Waals surface area contributed by atoms with Gasteiger partial charge in [0.25, 0.3) is 0 Å². The Balaban J connectivity index is 3.05. The fourth-order valence-electron chi connectivity index (χ4n) is 1.16. The van der Waals surface area contributed by atoms with Crippen molar-refractivity contribution in [3.8, 4) is 0 Å². The number of hydrogen-bond acceptors (Lipinski definition) is 2. The molecule has 0 amide bonds. The molecule has 90 valence electrons. The zero-order chi connectivity index (χ0) is 12.3. The van der Waals surface area contributed by atoms with Crippen LogP contribution >= 0.6 is 0 Å². The summed E-state index contributed by atoms with van der Waals surface area (Å²) >= 11 is 0. The number of imidazole rings is 1. The highest BCUT2D eigenvalue weighted by atomic mass is 32.2. The molecule has 0 N–H and O–H groups in total. The molecule has 4 nitrogen and oxygen atoms in total. The number of rotatable bonds is 3. The molecule has 0 aliphatic carbocycles. The predicted molar refractivity (Wildman–Crippen MR) is 67.9 cm³/mol. The Morgan fingerprint density at radius 2 is 2.19 bits per heavy atom. The quantitative estimate of drug-likeness (QED) is 0.761. The Morgan fingerprint density at radius 1 is 1.56 bits per heavy atom. The van der Waals surface area contributed by atoms with Gasteiger partial charge in [-0.15, -0.1) is 0 Å². The summed E-state index contributed by atoms with van der Waals surface area (Å²) in [6.45, 7) is 7.76. The van der Waals surface area contributed by atoms with Gasteiger partial charge in [0, 0.05) is 7.05 Å². The average Bonchev–Trinajstić information content (AvgIpc) is 2.59. The molecule has 0 spiro atoms. The fourth-order valence-corrected chi connectivity index (χ4v) is 1.86. The Bertz CT molecular complexity index is 415. The van der Waals surface area contributed by atoms with E-state index in [1.54, 1.807) is 12.5 Å². The minimum atomic E-state index is -1.21. The van der Waals surface area contributed by atoms with Crippen LogP contribution in [0.15, 0.2) is 16.9 Å². The van der Waals surface area contributed by atoms with Gasteiger partial charge in [-0.3, -0.25) is 0 Å². The summed E-state index contributed by atoms with van der Waals surface area (Å²) in [5.41, 5.74) is 1.77. The molecule has 0 fully saturated rings. The van der Waals surface area contributed by atoms with E-state index < -0.39 is 11.0 Å². The van der Waals surface area contributed by atoms with E-state index in [1.807, 2.05) is 39.3 Å². The fraction of sp³-hybridized carbons (Fsp3) is 0.636. The zero-order valence-electron chi connectivity index (χ0n) is 10.5. The largest absolute Gasteiger partial charge is 0.333 e. The van der Waals surface area contributed by atoms with Gasteiger partial charge in [-0.05, 0) is 27.2 Å². The van der Waals surface area contributed by atoms with Gasteiger partial charge in [0.05, 0.1) is 28.7 Å². The SMILES string of the molecule is CCC(=NS(=O)C(C)(C)C)c1cncn1C. The summed E-state index contributed by atoms with van der Waals surface area (Å²) in [6.07, 6.45) is 4.23. The molecule has 5 heteroatoms. The van der Waals surface area contributed by atoms with Crippen LogP contribution in [0.5, 0.6) is 0 Å². The number of nitrogens with zero attached hydrogens (tertiary/aromatic N) is 3. The highest BCUT2D eigenvalue weighted by Crippen LogP contribution is 2.14. The Labute approximate surface area is 99.4 Å². The van der Waals surface area contributed by atoms with Gasteiger partial charge >= 0.3 is 0 Å². The Kier molecular flexibility index (Phi) is 4.02. The number of aryl methyl sites for hydroxylation is 1. The molecule has 0 radical (unpaired) electrons. The van der Waals surface area contributed by atoms with E-state index in [-0.39, 0.29) is 4.75 Å². The Hall–Kier alpha value is -0.970. The van der Waals surface area contributed by atoms with Gasteiger partial charge in [-0.1, -0.05) is 6.92 Å². The highest BCUT2D eigenvalue weighted by molar-refractivity contribution is 7.85. The summed E-state index contributed by atoms with van der Waals surface area (Å²) in [5, 5.41) is 0. The van der Waals surface area contributed by atoms with E-state index in [0.717, 1.165) is 17.8 Å². The third-order valence-electron chi connectivity index (χ3n) is 2.16. The summed E-state index contributed by atoms with van der Waals surface area (Å²) in [6, 6.07) is 0. The molecule has 0 aliphatic rings. The van der Waals surface area contributed by atoms with Crippen LogP contribution in [0.2, 0.25) is 0 Å². The van der Waals surface area contributed by atoms with Gasteiger partial charge in [-0.25, -0.2) is 9.19 Å². The van der Waals surface area contributed by atoms with Crippen molar-refractivity contribution in [2.24, 2.45) is 11.4 Å². The summed E-state index contributed by atoms with van der Waals surface area (Å²) in [7, 11) is 0.697. The molecule has 1 aromatic heterocycles. The molecule has 0 saturated carbocycles. The van der Waals surface area contributed by atoms with Crippen molar-refractivity contribution in [1.29, 1.82) is 0 Å². The third kappa shape index (κ3) is 3.01. The van der Waals surface area contributed by atoms with Gasteiger partial charge in [0.1, 0.15) is 11.0 Å². The zero-order valence-corrected chi connectivity index (χ0v) is 11.3. The highest BCUT2D eigenvalue weighted by Gasteiger charge is 2.20. The number of hydrogen-bond donors (Lipinski definition) is 0. The first-order valence-corrected chi connectivity index (χ1v) is 6.43. The molecular formula is C11H19N3OS. The maximum absolute atomic E-state index is 11.9. The number of aromatic nitrogens is 2. The molecule has 0 saturated heterocycles. The van der Waals surface area contributed by atoms with Crippen molar-refractivity contribution < 1.29 is 4.21 Å². The van der Waals surface area contributed by atoms with Crippen LogP contribution in [-0.2, 0) is 18.0 Å². The van der Waals surface area contributed by atoms with E-state index in [1.165, 1.54) is 0 Å². The topological polar surface area (TPSA) is 47.2 Å². The van der Waals surface area contributed by atoms with E-state index in [2.05, 4.69) is 9.38 Å². The van der Waals surface area contributed by atoms with Crippen molar-refractivity contribution >= 4 is 16.7 Å². The third-order valence-corrected chi connectivity index (χ3v) is 3.60. The molecule has 1 unspecified atom stereocenters. The molecule has 0 aromatic carbocycles. The Morgan fingerprint density at radius 3 is 2.56 bits per heavy atom. The van der Waals surface area contributed by atoms with Crippen molar-refractivity contribution in [2.75, 3.05) is 0 Å². The van der Waals surface area contributed by atoms with Gasteiger partial charge in [0.15, 0.2) is 0 Å². The monoisotopic (exact) mass is 241 g/mol. The van der Waals surface area contributed by atoms with Crippen LogP contribution < -0.4 is 0 Å². The van der Waals surface area contributed by atoms with Crippen LogP contribution in [0.4, 0.5) is 0 Å². The maximum Gasteiger partial charge on any atom is 0.145 e. The van der Waals surface area contributed by atoms with E-state index in [9.17, 15) is 4.21 Å². The second kappa shape index (κ2) is 4.91. The average molecular weight is 241 g/mol. The standard InChI is InChI=1S/C11H19N3OS/c1-6-9(10-7-12-8-14(10)5)13-16(15)11(2,3)4/h7-8H,6H2,1-5H3. The lowest BCUT2D eigenvalue weighted by Gasteiger charge is -2.14. The van der Waals surface area contributed by atoms with E-state index in [0.29, 0.717) is 0 Å². The second-order valence-electron chi connectivity index (χ2n) is 4.64. The van der Waals surface area contributed by atoms with Crippen molar-refractivity contribution in [3.05, 3.63) is 18.2 Å². The van der Waals surface area contributed by atoms with Gasteiger partial charge in [-0.2, -0.15) is 4.40 Å². The first kappa shape index (κ1) is 13.1. The molecule has 1 heterocycles. The summed E-state index contributed by atoms with van der Waals surface area (Å²) in [4.78, 5) is 4.04. The molecule has 0 aliphatic heterocycles. The van der Waals surface area contributed by atoms with Crippen molar-refractivity contribution in [1.82, 2.24) is 9.55 Å². The molecule has 1 atom stereocenters. The summed E-state index contributed by atoms with van der Waals surface area (Å²) < 4.78 is 17.8. The lowest BCUT2D eigenvalue weighted by Crippen LogP contribution is -2.21. The second-order valence-corrected chi connectivity index (χ2v) is 6.55. The van der Waals surface area contributed by atoms with Crippen LogP contribution in [0.1, 0.15) is 39.8 Å². The molecular weight excluding hydrogens is 222 g/mol.